The van der Waals surface area contributed by atoms with Gasteiger partial charge in [-0.15, -0.1) is 0 Å². The third-order valence-corrected chi connectivity index (χ3v) is 5.20. The first-order valence-corrected chi connectivity index (χ1v) is 7.39. The molecule has 17 heavy (non-hydrogen) atoms. The highest BCUT2D eigenvalue weighted by Gasteiger charge is 2.24. The summed E-state index contributed by atoms with van der Waals surface area (Å²) in [4.78, 5) is 0. The molecular weight excluding hydrogens is 274 g/mol. The second kappa shape index (κ2) is 5.43. The average molecular weight is 296 g/mol. The molecule has 94 valence electrons. The van der Waals surface area contributed by atoms with Crippen molar-refractivity contribution in [3.05, 3.63) is 28.2 Å². The Balaban J connectivity index is 2.04. The van der Waals surface area contributed by atoms with Crippen LogP contribution in [0.5, 0.6) is 0 Å². The molecule has 1 aromatic carbocycles. The van der Waals surface area contributed by atoms with Gasteiger partial charge in [-0.1, -0.05) is 26.0 Å². The molecule has 2 rings (SSSR count). The van der Waals surface area contributed by atoms with Gasteiger partial charge in [0.2, 0.25) is 0 Å². The van der Waals surface area contributed by atoms with E-state index in [1.165, 1.54) is 35.0 Å². The molecular formula is C15H22BrN. The Morgan fingerprint density at radius 3 is 2.65 bits per heavy atom. The first-order valence-electron chi connectivity index (χ1n) is 6.59. The Kier molecular flexibility index (Phi) is 4.13. The minimum Gasteiger partial charge on any atom is -0.381 e. The quantitative estimate of drug-likeness (QED) is 0.810. The molecule has 0 bridgehead atoms. The lowest BCUT2D eigenvalue weighted by atomic mass is 9.79. The summed E-state index contributed by atoms with van der Waals surface area (Å²) >= 11 is 3.67. The van der Waals surface area contributed by atoms with Gasteiger partial charge >= 0.3 is 0 Å². The average Bonchev–Trinajstić information content (AvgIpc) is 2.30. The van der Waals surface area contributed by atoms with Crippen molar-refractivity contribution in [2.24, 2.45) is 11.8 Å². The number of nitrogens with one attached hydrogen (secondary N) is 1. The first kappa shape index (κ1) is 12.9. The van der Waals surface area contributed by atoms with Gasteiger partial charge in [-0.2, -0.15) is 0 Å². The van der Waals surface area contributed by atoms with Crippen molar-refractivity contribution in [3.8, 4) is 0 Å². The zero-order valence-corrected chi connectivity index (χ0v) is 12.5. The molecule has 1 fully saturated rings. The fourth-order valence-electron chi connectivity index (χ4n) is 2.66. The zero-order chi connectivity index (χ0) is 12.4. The minimum absolute atomic E-state index is 0.638. The summed E-state index contributed by atoms with van der Waals surface area (Å²) in [7, 11) is 0. The van der Waals surface area contributed by atoms with Crippen molar-refractivity contribution in [2.75, 3.05) is 5.32 Å². The van der Waals surface area contributed by atoms with E-state index in [-0.39, 0.29) is 0 Å². The Bertz CT molecular complexity index is 389. The third kappa shape index (κ3) is 3.04. The summed E-state index contributed by atoms with van der Waals surface area (Å²) in [5.41, 5.74) is 2.55. The molecule has 1 aliphatic rings. The Hall–Kier alpha value is -0.500. The summed E-state index contributed by atoms with van der Waals surface area (Å²) in [5, 5.41) is 3.69. The van der Waals surface area contributed by atoms with Crippen LogP contribution in [0.1, 0.15) is 38.7 Å². The van der Waals surface area contributed by atoms with E-state index in [2.05, 4.69) is 60.2 Å². The van der Waals surface area contributed by atoms with Gasteiger partial charge in [-0.25, -0.2) is 0 Å². The van der Waals surface area contributed by atoms with Crippen molar-refractivity contribution in [2.45, 2.75) is 46.1 Å². The predicted octanol–water partition coefficient (Wildman–Crippen LogP) is 4.99. The molecule has 1 aliphatic carbocycles. The Labute approximate surface area is 113 Å². The lowest BCUT2D eigenvalue weighted by Gasteiger charge is -2.33. The zero-order valence-electron chi connectivity index (χ0n) is 11.0. The molecule has 0 heterocycles. The van der Waals surface area contributed by atoms with Gasteiger partial charge in [0.05, 0.1) is 0 Å². The normalized spacial score (nSPS) is 29.1. The molecule has 1 N–H and O–H groups in total. The number of hydrogen-bond acceptors (Lipinski definition) is 1. The summed E-state index contributed by atoms with van der Waals surface area (Å²) in [6.07, 6.45) is 3.94. The van der Waals surface area contributed by atoms with Crippen LogP contribution in [0.2, 0.25) is 0 Å². The number of benzene rings is 1. The molecule has 3 unspecified atom stereocenters. The summed E-state index contributed by atoms with van der Waals surface area (Å²) in [5.74, 6) is 1.72. The number of hydrogen-bond donors (Lipinski definition) is 1. The number of halogens is 1. The lowest BCUT2D eigenvalue weighted by Crippen LogP contribution is -2.30. The van der Waals surface area contributed by atoms with Crippen molar-refractivity contribution in [1.82, 2.24) is 0 Å². The topological polar surface area (TPSA) is 12.0 Å². The van der Waals surface area contributed by atoms with Crippen LogP contribution in [-0.2, 0) is 0 Å². The molecule has 0 spiro atoms. The predicted molar refractivity (Wildman–Crippen MR) is 78.5 cm³/mol. The molecule has 0 radical (unpaired) electrons. The van der Waals surface area contributed by atoms with Crippen LogP contribution in [0.4, 0.5) is 5.69 Å². The van der Waals surface area contributed by atoms with Gasteiger partial charge in [-0.3, -0.25) is 0 Å². The highest BCUT2D eigenvalue weighted by molar-refractivity contribution is 9.10. The molecule has 0 aromatic heterocycles. The number of anilines is 1. The number of rotatable bonds is 2. The fourth-order valence-corrected chi connectivity index (χ4v) is 3.04. The second-order valence-electron chi connectivity index (χ2n) is 5.55. The summed E-state index contributed by atoms with van der Waals surface area (Å²) in [6, 6.07) is 7.07. The lowest BCUT2D eigenvalue weighted by molar-refractivity contribution is 0.261. The SMILES string of the molecule is Cc1cccc(NC2CCC(C)C(C)C2)c1Br. The molecule has 0 saturated heterocycles. The van der Waals surface area contributed by atoms with Crippen LogP contribution in [0.15, 0.2) is 22.7 Å². The van der Waals surface area contributed by atoms with Crippen LogP contribution >= 0.6 is 15.9 Å². The fraction of sp³-hybridized carbons (Fsp3) is 0.600. The molecule has 1 aromatic rings. The summed E-state index contributed by atoms with van der Waals surface area (Å²) < 4.78 is 1.21. The van der Waals surface area contributed by atoms with E-state index in [4.69, 9.17) is 0 Å². The van der Waals surface area contributed by atoms with Crippen LogP contribution in [0.3, 0.4) is 0 Å². The maximum atomic E-state index is 3.69. The van der Waals surface area contributed by atoms with Crippen LogP contribution in [0, 0.1) is 18.8 Å². The molecule has 3 atom stereocenters. The van der Waals surface area contributed by atoms with Crippen molar-refractivity contribution >= 4 is 21.6 Å². The Morgan fingerprint density at radius 2 is 1.94 bits per heavy atom. The van der Waals surface area contributed by atoms with Gasteiger partial charge in [0.1, 0.15) is 0 Å². The smallest absolute Gasteiger partial charge is 0.0489 e. The van der Waals surface area contributed by atoms with Crippen molar-refractivity contribution < 1.29 is 0 Å². The highest BCUT2D eigenvalue weighted by Crippen LogP contribution is 2.33. The van der Waals surface area contributed by atoms with Gasteiger partial charge in [0.25, 0.3) is 0 Å². The standard InChI is InChI=1S/C15H22BrN/c1-10-7-8-13(9-12(10)3)17-14-6-4-5-11(2)15(14)16/h4-6,10,12-13,17H,7-9H2,1-3H3. The summed E-state index contributed by atoms with van der Waals surface area (Å²) in [6.45, 7) is 6.90. The second-order valence-corrected chi connectivity index (χ2v) is 6.34. The van der Waals surface area contributed by atoms with E-state index in [0.29, 0.717) is 6.04 Å². The van der Waals surface area contributed by atoms with Crippen LogP contribution < -0.4 is 5.32 Å². The van der Waals surface area contributed by atoms with E-state index in [9.17, 15) is 0 Å². The van der Waals surface area contributed by atoms with Gasteiger partial charge in [0, 0.05) is 16.2 Å². The Morgan fingerprint density at radius 1 is 1.18 bits per heavy atom. The van der Waals surface area contributed by atoms with Gasteiger partial charge < -0.3 is 5.32 Å². The van der Waals surface area contributed by atoms with Crippen LogP contribution in [-0.4, -0.2) is 6.04 Å². The van der Waals surface area contributed by atoms with Crippen LogP contribution in [0.25, 0.3) is 0 Å². The van der Waals surface area contributed by atoms with E-state index in [0.717, 1.165) is 11.8 Å². The molecule has 1 nitrogen and oxygen atoms in total. The van der Waals surface area contributed by atoms with Crippen molar-refractivity contribution in [1.29, 1.82) is 0 Å². The van der Waals surface area contributed by atoms with Gasteiger partial charge in [0.15, 0.2) is 0 Å². The third-order valence-electron chi connectivity index (χ3n) is 4.15. The maximum absolute atomic E-state index is 3.69. The van der Waals surface area contributed by atoms with E-state index >= 15 is 0 Å². The minimum atomic E-state index is 0.638. The number of aryl methyl sites for hydroxylation is 1. The van der Waals surface area contributed by atoms with E-state index < -0.39 is 0 Å². The molecule has 2 heteroatoms. The first-order chi connectivity index (χ1) is 8.08. The molecule has 0 amide bonds. The highest BCUT2D eigenvalue weighted by atomic mass is 79.9. The van der Waals surface area contributed by atoms with E-state index in [1.807, 2.05) is 0 Å². The largest absolute Gasteiger partial charge is 0.381 e. The molecule has 1 saturated carbocycles. The monoisotopic (exact) mass is 295 g/mol. The maximum Gasteiger partial charge on any atom is 0.0489 e. The molecule has 0 aliphatic heterocycles. The van der Waals surface area contributed by atoms with Gasteiger partial charge in [-0.05, 0) is 65.6 Å². The van der Waals surface area contributed by atoms with Crippen molar-refractivity contribution in [3.63, 3.8) is 0 Å². The van der Waals surface area contributed by atoms with E-state index in [1.54, 1.807) is 0 Å².